The van der Waals surface area contributed by atoms with Gasteiger partial charge in [0.1, 0.15) is 0 Å². The van der Waals surface area contributed by atoms with Gasteiger partial charge in [-0.05, 0) is 47.9 Å². The molecule has 2 heterocycles. The lowest BCUT2D eigenvalue weighted by Gasteiger charge is -2.17. The molecule has 6 heteroatoms. The summed E-state index contributed by atoms with van der Waals surface area (Å²) in [6, 6.07) is 12.9. The summed E-state index contributed by atoms with van der Waals surface area (Å²) >= 11 is 0. The first kappa shape index (κ1) is 18.2. The highest BCUT2D eigenvalue weighted by atomic mass is 32.2. The number of hydrogen-bond donors (Lipinski definition) is 1. The lowest BCUT2D eigenvalue weighted by atomic mass is 9.86. The van der Waals surface area contributed by atoms with Gasteiger partial charge in [-0.1, -0.05) is 31.2 Å². The fourth-order valence-electron chi connectivity index (χ4n) is 4.26. The van der Waals surface area contributed by atoms with Crippen LogP contribution in [0.2, 0.25) is 0 Å². The first-order chi connectivity index (χ1) is 12.9. The number of likely N-dealkylation sites (tertiary alicyclic amines) is 1. The Labute approximate surface area is 160 Å². The predicted octanol–water partition coefficient (Wildman–Crippen LogP) is 2.54. The number of carbonyl (C=O) groups is 1. The van der Waals surface area contributed by atoms with Gasteiger partial charge < -0.3 is 10.2 Å². The van der Waals surface area contributed by atoms with E-state index >= 15 is 0 Å². The lowest BCUT2D eigenvalue weighted by molar-refractivity contribution is 0.0951. The van der Waals surface area contributed by atoms with Gasteiger partial charge in [0.05, 0.1) is 10.6 Å². The number of benzene rings is 2. The van der Waals surface area contributed by atoms with Crippen molar-refractivity contribution < 1.29 is 13.2 Å². The third-order valence-electron chi connectivity index (χ3n) is 5.75. The molecular formula is C21H24N2O3S. The Hall–Kier alpha value is -2.18. The number of sulfone groups is 1. The van der Waals surface area contributed by atoms with Gasteiger partial charge in [-0.3, -0.25) is 4.79 Å². The molecule has 2 atom stereocenters. The van der Waals surface area contributed by atoms with E-state index < -0.39 is 9.84 Å². The Morgan fingerprint density at radius 3 is 2.67 bits per heavy atom. The van der Waals surface area contributed by atoms with Crippen LogP contribution in [-0.4, -0.2) is 51.7 Å². The van der Waals surface area contributed by atoms with Crippen LogP contribution in [0, 0.1) is 5.92 Å². The number of likely N-dealkylation sites (N-methyl/N-ethyl adjacent to an activating group) is 1. The Kier molecular flexibility index (Phi) is 4.56. The Morgan fingerprint density at radius 2 is 1.89 bits per heavy atom. The van der Waals surface area contributed by atoms with E-state index in [9.17, 15) is 13.2 Å². The van der Waals surface area contributed by atoms with Gasteiger partial charge in [0.25, 0.3) is 5.91 Å². The topological polar surface area (TPSA) is 66.5 Å². The average Bonchev–Trinajstić information content (AvgIpc) is 3.00. The van der Waals surface area contributed by atoms with Crippen molar-refractivity contribution in [3.63, 3.8) is 0 Å². The highest BCUT2D eigenvalue weighted by Gasteiger charge is 2.36. The van der Waals surface area contributed by atoms with Gasteiger partial charge in [-0.2, -0.15) is 0 Å². The predicted molar refractivity (Wildman–Crippen MR) is 106 cm³/mol. The van der Waals surface area contributed by atoms with Gasteiger partial charge in [0.2, 0.25) is 0 Å². The van der Waals surface area contributed by atoms with Gasteiger partial charge >= 0.3 is 0 Å². The molecule has 0 radical (unpaired) electrons. The maximum Gasteiger partial charge on any atom is 0.251 e. The van der Waals surface area contributed by atoms with Crippen molar-refractivity contribution in [3.05, 3.63) is 53.6 Å². The fraction of sp³-hybridized carbons (Fsp3) is 0.381. The standard InChI is InChI=1S/C21H24N2O3S/c1-3-27(25,26)17-6-4-5-14(9-17)15-7-8-18-19(10-15)21(24)22-11-16-12-23(2)13-20(16)18/h4-10,16,20H,3,11-13H2,1-2H3,(H,22,24)/t16-,20-/m1/s1. The summed E-state index contributed by atoms with van der Waals surface area (Å²) in [5.74, 6) is 0.815. The number of amides is 1. The second-order valence-corrected chi connectivity index (χ2v) is 9.81. The summed E-state index contributed by atoms with van der Waals surface area (Å²) in [4.78, 5) is 15.3. The molecule has 2 aliphatic rings. The normalized spacial score (nSPS) is 22.7. The number of nitrogens with zero attached hydrogens (tertiary/aromatic N) is 1. The molecular weight excluding hydrogens is 360 g/mol. The number of rotatable bonds is 3. The molecule has 142 valence electrons. The van der Waals surface area contributed by atoms with Gasteiger partial charge in [0, 0.05) is 31.1 Å². The lowest BCUT2D eigenvalue weighted by Crippen LogP contribution is -2.29. The summed E-state index contributed by atoms with van der Waals surface area (Å²) < 4.78 is 24.4. The van der Waals surface area contributed by atoms with E-state index in [1.165, 1.54) is 0 Å². The van der Waals surface area contributed by atoms with Crippen molar-refractivity contribution in [1.29, 1.82) is 0 Å². The summed E-state index contributed by atoms with van der Waals surface area (Å²) in [6.07, 6.45) is 0. The molecule has 5 nitrogen and oxygen atoms in total. The number of carbonyl (C=O) groups excluding carboxylic acids is 1. The largest absolute Gasteiger partial charge is 0.352 e. The molecule has 1 N–H and O–H groups in total. The molecule has 1 fully saturated rings. The maximum absolute atomic E-state index is 12.7. The second kappa shape index (κ2) is 6.77. The molecule has 0 aromatic heterocycles. The number of hydrogen-bond acceptors (Lipinski definition) is 4. The van der Waals surface area contributed by atoms with Gasteiger partial charge in [0.15, 0.2) is 9.84 Å². The summed E-state index contributed by atoms with van der Waals surface area (Å²) in [5.41, 5.74) is 3.48. The van der Waals surface area contributed by atoms with Gasteiger partial charge in [-0.25, -0.2) is 8.42 Å². The Balaban J connectivity index is 1.77. The van der Waals surface area contributed by atoms with Crippen LogP contribution in [0.1, 0.15) is 28.8 Å². The molecule has 1 amide bonds. The van der Waals surface area contributed by atoms with Crippen molar-refractivity contribution in [2.45, 2.75) is 17.7 Å². The molecule has 4 rings (SSSR count). The molecule has 27 heavy (non-hydrogen) atoms. The first-order valence-corrected chi connectivity index (χ1v) is 11.0. The van der Waals surface area contributed by atoms with Crippen molar-refractivity contribution in [1.82, 2.24) is 10.2 Å². The summed E-state index contributed by atoms with van der Waals surface area (Å²) in [5, 5.41) is 3.05. The Morgan fingerprint density at radius 1 is 1.11 bits per heavy atom. The van der Waals surface area contributed by atoms with Crippen molar-refractivity contribution in [2.24, 2.45) is 5.92 Å². The number of fused-ring (bicyclic) bond motifs is 3. The van der Waals surface area contributed by atoms with E-state index in [1.54, 1.807) is 25.1 Å². The minimum atomic E-state index is -3.27. The molecule has 0 aliphatic carbocycles. The van der Waals surface area contributed by atoms with Crippen molar-refractivity contribution in [3.8, 4) is 11.1 Å². The second-order valence-electron chi connectivity index (χ2n) is 7.53. The quantitative estimate of drug-likeness (QED) is 0.883. The van der Waals surface area contributed by atoms with Crippen molar-refractivity contribution in [2.75, 3.05) is 32.4 Å². The molecule has 0 unspecified atom stereocenters. The van der Waals surface area contributed by atoms with Crippen LogP contribution < -0.4 is 5.32 Å². The van der Waals surface area contributed by atoms with Crippen LogP contribution >= 0.6 is 0 Å². The molecule has 2 aromatic rings. The molecule has 2 aliphatic heterocycles. The van der Waals surface area contributed by atoms with Crippen LogP contribution in [0.5, 0.6) is 0 Å². The van der Waals surface area contributed by atoms with Gasteiger partial charge in [-0.15, -0.1) is 0 Å². The maximum atomic E-state index is 12.7. The highest BCUT2D eigenvalue weighted by Crippen LogP contribution is 2.37. The zero-order chi connectivity index (χ0) is 19.2. The number of nitrogens with one attached hydrogen (secondary N) is 1. The van der Waals surface area contributed by atoms with Crippen LogP contribution in [0.3, 0.4) is 0 Å². The molecule has 2 aromatic carbocycles. The minimum absolute atomic E-state index is 0.0405. The average molecular weight is 385 g/mol. The van der Waals surface area contributed by atoms with E-state index in [4.69, 9.17) is 0 Å². The fourth-order valence-corrected chi connectivity index (χ4v) is 5.18. The van der Waals surface area contributed by atoms with E-state index in [0.29, 0.717) is 28.8 Å². The van der Waals surface area contributed by atoms with Crippen LogP contribution in [0.25, 0.3) is 11.1 Å². The van der Waals surface area contributed by atoms with E-state index in [1.807, 2.05) is 24.3 Å². The smallest absolute Gasteiger partial charge is 0.251 e. The van der Waals surface area contributed by atoms with E-state index in [2.05, 4.69) is 17.3 Å². The summed E-state index contributed by atoms with van der Waals surface area (Å²) in [6.45, 7) is 4.28. The van der Waals surface area contributed by atoms with Crippen LogP contribution in [-0.2, 0) is 9.84 Å². The zero-order valence-electron chi connectivity index (χ0n) is 15.6. The van der Waals surface area contributed by atoms with Crippen LogP contribution in [0.15, 0.2) is 47.4 Å². The minimum Gasteiger partial charge on any atom is -0.352 e. The third-order valence-corrected chi connectivity index (χ3v) is 7.48. The van der Waals surface area contributed by atoms with Crippen molar-refractivity contribution >= 4 is 15.7 Å². The first-order valence-electron chi connectivity index (χ1n) is 9.33. The Bertz CT molecular complexity index is 1000. The zero-order valence-corrected chi connectivity index (χ0v) is 16.4. The highest BCUT2D eigenvalue weighted by molar-refractivity contribution is 7.91. The van der Waals surface area contributed by atoms with Crippen LogP contribution in [0.4, 0.5) is 0 Å². The van der Waals surface area contributed by atoms with E-state index in [0.717, 1.165) is 29.8 Å². The molecule has 0 saturated carbocycles. The monoisotopic (exact) mass is 384 g/mol. The SMILES string of the molecule is CCS(=O)(=O)c1cccc(-c2ccc3c(c2)C(=O)NC[C@@H]2CN(C)C[C@@H]32)c1. The molecule has 1 saturated heterocycles. The third kappa shape index (κ3) is 3.28. The summed E-state index contributed by atoms with van der Waals surface area (Å²) in [7, 11) is -1.15. The molecule has 0 spiro atoms. The molecule has 0 bridgehead atoms. The van der Waals surface area contributed by atoms with E-state index in [-0.39, 0.29) is 11.7 Å².